The van der Waals surface area contributed by atoms with Gasteiger partial charge < -0.3 is 30.8 Å². The van der Waals surface area contributed by atoms with Gasteiger partial charge in [-0.2, -0.15) is 18.3 Å². The maximum atomic E-state index is 13.9. The molecule has 0 fully saturated rings. The number of aliphatic hydroxyl groups is 1. The van der Waals surface area contributed by atoms with Gasteiger partial charge in [0.05, 0.1) is 24.0 Å². The first-order valence-corrected chi connectivity index (χ1v) is 13.1. The monoisotopic (exact) mass is 555 g/mol. The number of hydrogen-bond acceptors (Lipinski definition) is 9. The normalized spacial score (nSPS) is 15.3. The molecular weight excluding hydrogens is 523 g/mol. The number of aryl methyl sites for hydroxylation is 1. The number of halogens is 3. The van der Waals surface area contributed by atoms with Crippen LogP contribution in [0.3, 0.4) is 0 Å². The minimum absolute atomic E-state index is 0.0796. The summed E-state index contributed by atoms with van der Waals surface area (Å²) < 4.78 is 60.1. The van der Waals surface area contributed by atoms with Gasteiger partial charge in [0.15, 0.2) is 12.1 Å². The van der Waals surface area contributed by atoms with Crippen LogP contribution in [0.25, 0.3) is 5.69 Å². The van der Waals surface area contributed by atoms with E-state index < -0.39 is 36.5 Å². The molecule has 0 spiro atoms. The first kappa shape index (κ1) is 30.0. The van der Waals surface area contributed by atoms with Gasteiger partial charge in [-0.3, -0.25) is 0 Å². The highest BCUT2D eigenvalue weighted by Crippen LogP contribution is 2.37. The van der Waals surface area contributed by atoms with Crippen molar-refractivity contribution in [1.82, 2.24) is 14.8 Å². The SMILES string of the molecule is CCOC(OCC(N)OC(c1nc(C)nn1-c1cc(SC)ccc1C(F)(F)F)[C@@H](O)CN)c1ccccc1. The third kappa shape index (κ3) is 7.53. The molecule has 0 aliphatic heterocycles. The molecule has 13 heteroatoms. The predicted octanol–water partition coefficient (Wildman–Crippen LogP) is 3.73. The topological polar surface area (TPSA) is 131 Å². The van der Waals surface area contributed by atoms with Crippen LogP contribution < -0.4 is 11.5 Å². The van der Waals surface area contributed by atoms with Gasteiger partial charge >= 0.3 is 6.18 Å². The first-order valence-electron chi connectivity index (χ1n) is 11.9. The molecule has 3 unspecified atom stereocenters. The quantitative estimate of drug-likeness (QED) is 0.213. The average molecular weight is 556 g/mol. The van der Waals surface area contributed by atoms with Crippen LogP contribution >= 0.6 is 11.8 Å². The van der Waals surface area contributed by atoms with Crippen LogP contribution in [0.1, 0.15) is 42.1 Å². The fraction of sp³-hybridized carbons (Fsp3) is 0.440. The standard InChI is InChI=1S/C25H32F3N5O4S/c1-4-35-24(16-8-6-5-7-9-16)36-14-21(30)37-22(20(34)13-29)23-31-15(2)32-33(23)19-12-17(38-3)10-11-18(19)25(26,27)28/h5-12,20-22,24,34H,4,13-14,29-30H2,1-3H3/t20-,21?,22?,24?/m0/s1. The number of ether oxygens (including phenoxy) is 3. The van der Waals surface area contributed by atoms with Gasteiger partial charge in [0.2, 0.25) is 0 Å². The maximum absolute atomic E-state index is 13.9. The van der Waals surface area contributed by atoms with Crippen LogP contribution in [0, 0.1) is 6.92 Å². The Labute approximate surface area is 223 Å². The molecule has 4 atom stereocenters. The predicted molar refractivity (Wildman–Crippen MR) is 137 cm³/mol. The number of rotatable bonds is 13. The summed E-state index contributed by atoms with van der Waals surface area (Å²) in [5.74, 6) is 0.0925. The van der Waals surface area contributed by atoms with Gasteiger partial charge in [-0.05, 0) is 38.3 Å². The van der Waals surface area contributed by atoms with Crippen LogP contribution in [-0.4, -0.2) is 58.2 Å². The number of aliphatic hydroxyl groups excluding tert-OH is 1. The Hall–Kier alpha value is -2.52. The van der Waals surface area contributed by atoms with E-state index in [0.29, 0.717) is 11.5 Å². The number of thioether (sulfide) groups is 1. The second-order valence-corrected chi connectivity index (χ2v) is 9.12. The molecule has 0 saturated heterocycles. The third-order valence-electron chi connectivity index (χ3n) is 5.45. The summed E-state index contributed by atoms with van der Waals surface area (Å²) in [4.78, 5) is 4.86. The van der Waals surface area contributed by atoms with Crippen molar-refractivity contribution in [3.63, 3.8) is 0 Å². The summed E-state index contributed by atoms with van der Waals surface area (Å²) >= 11 is 1.27. The van der Waals surface area contributed by atoms with Gasteiger partial charge in [-0.1, -0.05) is 30.3 Å². The summed E-state index contributed by atoms with van der Waals surface area (Å²) in [5.41, 5.74) is 11.5. The smallest absolute Gasteiger partial charge is 0.389 e. The molecule has 38 heavy (non-hydrogen) atoms. The second kappa shape index (κ2) is 13.5. The van der Waals surface area contributed by atoms with Crippen LogP contribution in [0.15, 0.2) is 53.4 Å². The van der Waals surface area contributed by atoms with Crippen molar-refractivity contribution in [3.05, 3.63) is 71.3 Å². The Morgan fingerprint density at radius 1 is 1.13 bits per heavy atom. The van der Waals surface area contributed by atoms with E-state index in [-0.39, 0.29) is 30.5 Å². The summed E-state index contributed by atoms with van der Waals surface area (Å²) in [7, 11) is 0. The van der Waals surface area contributed by atoms with Gasteiger partial charge in [0, 0.05) is 23.6 Å². The molecule has 0 aliphatic rings. The fourth-order valence-electron chi connectivity index (χ4n) is 3.71. The Morgan fingerprint density at radius 3 is 2.45 bits per heavy atom. The summed E-state index contributed by atoms with van der Waals surface area (Å²) in [6.07, 6.45) is -7.41. The van der Waals surface area contributed by atoms with E-state index in [4.69, 9.17) is 25.7 Å². The molecule has 3 aromatic rings. The number of alkyl halides is 3. The van der Waals surface area contributed by atoms with Crippen LogP contribution in [-0.2, 0) is 20.4 Å². The van der Waals surface area contributed by atoms with E-state index in [9.17, 15) is 18.3 Å². The van der Waals surface area contributed by atoms with E-state index in [1.54, 1.807) is 6.26 Å². The molecule has 1 heterocycles. The van der Waals surface area contributed by atoms with Crippen LogP contribution in [0.4, 0.5) is 13.2 Å². The van der Waals surface area contributed by atoms with Crippen molar-refractivity contribution in [3.8, 4) is 5.69 Å². The molecule has 3 rings (SSSR count). The largest absolute Gasteiger partial charge is 0.418 e. The Bertz CT molecular complexity index is 1170. The lowest BCUT2D eigenvalue weighted by Crippen LogP contribution is -2.39. The molecule has 0 aliphatic carbocycles. The lowest BCUT2D eigenvalue weighted by Gasteiger charge is -2.27. The lowest BCUT2D eigenvalue weighted by molar-refractivity contribution is -0.178. The minimum atomic E-state index is -4.66. The maximum Gasteiger partial charge on any atom is 0.418 e. The van der Waals surface area contributed by atoms with Crippen molar-refractivity contribution in [2.24, 2.45) is 11.5 Å². The molecule has 0 radical (unpaired) electrons. The molecule has 1 aromatic heterocycles. The highest BCUT2D eigenvalue weighted by Gasteiger charge is 2.37. The molecule has 2 aromatic carbocycles. The number of nitrogens with two attached hydrogens (primary N) is 2. The fourth-order valence-corrected chi connectivity index (χ4v) is 4.14. The molecule has 9 nitrogen and oxygen atoms in total. The minimum Gasteiger partial charge on any atom is -0.389 e. The third-order valence-corrected chi connectivity index (χ3v) is 6.17. The van der Waals surface area contributed by atoms with E-state index in [2.05, 4.69) is 10.1 Å². The Morgan fingerprint density at radius 2 is 1.84 bits per heavy atom. The summed E-state index contributed by atoms with van der Waals surface area (Å²) in [6.45, 7) is 3.29. The van der Waals surface area contributed by atoms with E-state index in [1.807, 2.05) is 37.3 Å². The summed E-state index contributed by atoms with van der Waals surface area (Å²) in [5, 5.41) is 14.9. The van der Waals surface area contributed by atoms with Crippen molar-refractivity contribution >= 4 is 11.8 Å². The molecule has 0 amide bonds. The number of hydrogen-bond donors (Lipinski definition) is 3. The van der Waals surface area contributed by atoms with Gasteiger partial charge in [0.25, 0.3) is 0 Å². The van der Waals surface area contributed by atoms with Crippen molar-refractivity contribution in [1.29, 1.82) is 0 Å². The van der Waals surface area contributed by atoms with Crippen molar-refractivity contribution in [2.45, 2.75) is 49.6 Å². The van der Waals surface area contributed by atoms with E-state index >= 15 is 0 Å². The Kier molecular flexibility index (Phi) is 10.7. The Balaban J connectivity index is 1.92. The highest BCUT2D eigenvalue weighted by atomic mass is 32.2. The molecular formula is C25H32F3N5O4S. The lowest BCUT2D eigenvalue weighted by atomic mass is 10.1. The number of nitrogens with zero attached hydrogens (tertiary/aromatic N) is 3. The average Bonchev–Trinajstić information content (AvgIpc) is 3.29. The van der Waals surface area contributed by atoms with Crippen LogP contribution in [0.2, 0.25) is 0 Å². The summed E-state index contributed by atoms with van der Waals surface area (Å²) in [6, 6.07) is 12.9. The number of benzene rings is 2. The van der Waals surface area contributed by atoms with Gasteiger partial charge in [0.1, 0.15) is 18.2 Å². The van der Waals surface area contributed by atoms with Crippen molar-refractivity contribution < 1.29 is 32.5 Å². The van der Waals surface area contributed by atoms with Crippen LogP contribution in [0.5, 0.6) is 0 Å². The van der Waals surface area contributed by atoms with E-state index in [0.717, 1.165) is 16.3 Å². The molecule has 0 saturated carbocycles. The zero-order valence-corrected chi connectivity index (χ0v) is 22.1. The molecule has 5 N–H and O–H groups in total. The van der Waals surface area contributed by atoms with Gasteiger partial charge in [-0.15, -0.1) is 11.8 Å². The first-order chi connectivity index (χ1) is 18.1. The molecule has 0 bridgehead atoms. The number of aromatic nitrogens is 3. The van der Waals surface area contributed by atoms with Crippen molar-refractivity contribution in [2.75, 3.05) is 26.0 Å². The zero-order valence-electron chi connectivity index (χ0n) is 21.3. The second-order valence-electron chi connectivity index (χ2n) is 8.24. The molecule has 208 valence electrons. The van der Waals surface area contributed by atoms with Gasteiger partial charge in [-0.25, -0.2) is 9.67 Å². The highest BCUT2D eigenvalue weighted by molar-refractivity contribution is 7.98. The van der Waals surface area contributed by atoms with E-state index in [1.165, 1.54) is 30.8 Å². The zero-order chi connectivity index (χ0) is 27.9.